The number of nitrogens with one attached hydrogen (secondary N) is 2. The molecule has 0 unspecified atom stereocenters. The van der Waals surface area contributed by atoms with Crippen molar-refractivity contribution in [3.63, 3.8) is 0 Å². The SMILES string of the molecule is CCCc1nc(NCC)c(C)c(NCCC(C)(C)C)n1. The summed E-state index contributed by atoms with van der Waals surface area (Å²) in [7, 11) is 0. The van der Waals surface area contributed by atoms with Gasteiger partial charge in [0.1, 0.15) is 17.5 Å². The highest BCUT2D eigenvalue weighted by atomic mass is 15.1. The molecule has 0 bridgehead atoms. The van der Waals surface area contributed by atoms with Crippen LogP contribution in [0.4, 0.5) is 11.6 Å². The lowest BCUT2D eigenvalue weighted by Crippen LogP contribution is -2.16. The predicted molar refractivity (Wildman–Crippen MR) is 87.5 cm³/mol. The molecule has 0 fully saturated rings. The van der Waals surface area contributed by atoms with E-state index < -0.39 is 0 Å². The Bertz CT molecular complexity index is 421. The van der Waals surface area contributed by atoms with Gasteiger partial charge in [0.25, 0.3) is 0 Å². The van der Waals surface area contributed by atoms with Gasteiger partial charge in [-0.1, -0.05) is 27.7 Å². The number of aromatic nitrogens is 2. The molecule has 114 valence electrons. The van der Waals surface area contributed by atoms with Crippen molar-refractivity contribution in [2.75, 3.05) is 23.7 Å². The Labute approximate surface area is 123 Å². The second kappa shape index (κ2) is 7.46. The number of nitrogens with zero attached hydrogens (tertiary/aromatic N) is 2. The van der Waals surface area contributed by atoms with Crippen LogP contribution >= 0.6 is 0 Å². The van der Waals surface area contributed by atoms with Crippen molar-refractivity contribution in [2.45, 2.75) is 60.8 Å². The van der Waals surface area contributed by atoms with Gasteiger partial charge in [-0.25, -0.2) is 9.97 Å². The van der Waals surface area contributed by atoms with Gasteiger partial charge in [-0.3, -0.25) is 0 Å². The monoisotopic (exact) mass is 278 g/mol. The van der Waals surface area contributed by atoms with E-state index in [1.807, 2.05) is 0 Å². The van der Waals surface area contributed by atoms with Crippen LogP contribution in [0.5, 0.6) is 0 Å². The van der Waals surface area contributed by atoms with E-state index in [0.29, 0.717) is 5.41 Å². The smallest absolute Gasteiger partial charge is 0.134 e. The molecule has 0 aliphatic rings. The average molecular weight is 278 g/mol. The maximum Gasteiger partial charge on any atom is 0.134 e. The van der Waals surface area contributed by atoms with Crippen molar-refractivity contribution in [1.82, 2.24) is 9.97 Å². The first-order valence-corrected chi connectivity index (χ1v) is 7.72. The maximum absolute atomic E-state index is 4.66. The molecule has 1 aromatic heterocycles. The molecule has 0 aliphatic carbocycles. The molecule has 0 atom stereocenters. The summed E-state index contributed by atoms with van der Waals surface area (Å²) in [6.07, 6.45) is 3.11. The Morgan fingerprint density at radius 1 is 1.00 bits per heavy atom. The number of rotatable bonds is 7. The minimum atomic E-state index is 0.338. The fourth-order valence-corrected chi connectivity index (χ4v) is 1.97. The van der Waals surface area contributed by atoms with Crippen molar-refractivity contribution < 1.29 is 0 Å². The Hall–Kier alpha value is -1.32. The van der Waals surface area contributed by atoms with Crippen LogP contribution in [-0.2, 0) is 6.42 Å². The van der Waals surface area contributed by atoms with Gasteiger partial charge in [-0.05, 0) is 32.1 Å². The van der Waals surface area contributed by atoms with Gasteiger partial charge in [0, 0.05) is 25.1 Å². The Kier molecular flexibility index (Phi) is 6.24. The van der Waals surface area contributed by atoms with E-state index in [-0.39, 0.29) is 0 Å². The Morgan fingerprint density at radius 2 is 1.60 bits per heavy atom. The van der Waals surface area contributed by atoms with Crippen LogP contribution in [0.1, 0.15) is 58.8 Å². The van der Waals surface area contributed by atoms with Crippen LogP contribution in [0.2, 0.25) is 0 Å². The Balaban J connectivity index is 2.86. The van der Waals surface area contributed by atoms with Crippen LogP contribution in [0, 0.1) is 12.3 Å². The molecule has 4 nitrogen and oxygen atoms in total. The fourth-order valence-electron chi connectivity index (χ4n) is 1.97. The molecule has 0 aromatic carbocycles. The van der Waals surface area contributed by atoms with Gasteiger partial charge in [0.15, 0.2) is 0 Å². The fraction of sp³-hybridized carbons (Fsp3) is 0.750. The van der Waals surface area contributed by atoms with E-state index >= 15 is 0 Å². The largest absolute Gasteiger partial charge is 0.370 e. The summed E-state index contributed by atoms with van der Waals surface area (Å²) in [5.74, 6) is 2.86. The van der Waals surface area contributed by atoms with Crippen molar-refractivity contribution in [1.29, 1.82) is 0 Å². The predicted octanol–water partition coefficient (Wildman–Crippen LogP) is 4.02. The minimum Gasteiger partial charge on any atom is -0.370 e. The van der Waals surface area contributed by atoms with Crippen LogP contribution in [0.25, 0.3) is 0 Å². The standard InChI is InChI=1S/C16H30N4/c1-7-9-13-19-14(17-8-2)12(3)15(20-13)18-11-10-16(4,5)6/h7-11H2,1-6H3,(H2,17,18,19,20). The van der Waals surface area contributed by atoms with Gasteiger partial charge in [-0.15, -0.1) is 0 Å². The summed E-state index contributed by atoms with van der Waals surface area (Å²) in [6.45, 7) is 14.9. The van der Waals surface area contributed by atoms with E-state index in [0.717, 1.165) is 55.4 Å². The number of aryl methyl sites for hydroxylation is 1. The average Bonchev–Trinajstić information content (AvgIpc) is 2.33. The summed E-state index contributed by atoms with van der Waals surface area (Å²) in [6, 6.07) is 0. The third-order valence-electron chi connectivity index (χ3n) is 3.18. The zero-order valence-electron chi connectivity index (χ0n) is 13.9. The van der Waals surface area contributed by atoms with Crippen molar-refractivity contribution in [3.8, 4) is 0 Å². The number of hydrogen-bond donors (Lipinski definition) is 2. The summed E-state index contributed by atoms with van der Waals surface area (Å²) in [4.78, 5) is 9.27. The van der Waals surface area contributed by atoms with E-state index in [1.165, 1.54) is 0 Å². The van der Waals surface area contributed by atoms with Crippen LogP contribution in [-0.4, -0.2) is 23.1 Å². The van der Waals surface area contributed by atoms with Crippen LogP contribution in [0.3, 0.4) is 0 Å². The first kappa shape index (κ1) is 16.7. The second-order valence-electron chi connectivity index (χ2n) is 6.48. The molecule has 0 saturated carbocycles. The maximum atomic E-state index is 4.66. The highest BCUT2D eigenvalue weighted by Crippen LogP contribution is 2.22. The first-order valence-electron chi connectivity index (χ1n) is 7.72. The van der Waals surface area contributed by atoms with Crippen LogP contribution in [0.15, 0.2) is 0 Å². The van der Waals surface area contributed by atoms with Gasteiger partial charge in [0.05, 0.1) is 0 Å². The molecule has 0 spiro atoms. The summed E-state index contributed by atoms with van der Waals surface area (Å²) < 4.78 is 0. The molecule has 0 radical (unpaired) electrons. The number of anilines is 2. The Morgan fingerprint density at radius 3 is 2.10 bits per heavy atom. The van der Waals surface area contributed by atoms with Crippen molar-refractivity contribution in [2.24, 2.45) is 5.41 Å². The molecule has 1 rings (SSSR count). The molecule has 0 saturated heterocycles. The van der Waals surface area contributed by atoms with E-state index in [9.17, 15) is 0 Å². The third-order valence-corrected chi connectivity index (χ3v) is 3.18. The van der Waals surface area contributed by atoms with Crippen LogP contribution < -0.4 is 10.6 Å². The van der Waals surface area contributed by atoms with Gasteiger partial charge >= 0.3 is 0 Å². The zero-order chi connectivity index (χ0) is 15.2. The topological polar surface area (TPSA) is 49.8 Å². The highest BCUT2D eigenvalue weighted by molar-refractivity contribution is 5.57. The number of hydrogen-bond acceptors (Lipinski definition) is 4. The molecule has 20 heavy (non-hydrogen) atoms. The van der Waals surface area contributed by atoms with E-state index in [2.05, 4.69) is 62.1 Å². The van der Waals surface area contributed by atoms with Gasteiger partial charge in [0.2, 0.25) is 0 Å². The van der Waals surface area contributed by atoms with Gasteiger partial charge < -0.3 is 10.6 Å². The summed E-state index contributed by atoms with van der Waals surface area (Å²) in [5.41, 5.74) is 1.45. The van der Waals surface area contributed by atoms with Crippen molar-refractivity contribution in [3.05, 3.63) is 11.4 Å². The molecular weight excluding hydrogens is 248 g/mol. The van der Waals surface area contributed by atoms with Crippen molar-refractivity contribution >= 4 is 11.6 Å². The summed E-state index contributed by atoms with van der Waals surface area (Å²) in [5, 5.41) is 6.81. The lowest BCUT2D eigenvalue weighted by molar-refractivity contribution is 0.389. The minimum absolute atomic E-state index is 0.338. The molecule has 0 aliphatic heterocycles. The quantitative estimate of drug-likeness (QED) is 0.791. The van der Waals surface area contributed by atoms with E-state index in [4.69, 9.17) is 0 Å². The zero-order valence-corrected chi connectivity index (χ0v) is 13.9. The lowest BCUT2D eigenvalue weighted by atomic mass is 9.92. The first-order chi connectivity index (χ1) is 9.37. The molecule has 1 aromatic rings. The summed E-state index contributed by atoms with van der Waals surface area (Å²) >= 11 is 0. The lowest BCUT2D eigenvalue weighted by Gasteiger charge is -2.19. The molecular formula is C16H30N4. The normalized spacial score (nSPS) is 11.5. The molecule has 0 amide bonds. The molecule has 2 N–H and O–H groups in total. The molecule has 1 heterocycles. The third kappa shape index (κ3) is 5.35. The molecule has 4 heteroatoms. The van der Waals surface area contributed by atoms with E-state index in [1.54, 1.807) is 0 Å². The van der Waals surface area contributed by atoms with Gasteiger partial charge in [-0.2, -0.15) is 0 Å². The second-order valence-corrected chi connectivity index (χ2v) is 6.48. The highest BCUT2D eigenvalue weighted by Gasteiger charge is 2.12.